The Morgan fingerprint density at radius 1 is 0.941 bits per heavy atom. The second kappa shape index (κ2) is 10.2. The third-order valence-electron chi connectivity index (χ3n) is 5.34. The zero-order valence-electron chi connectivity index (χ0n) is 18.6. The molecule has 9 heteroatoms. The third-order valence-corrected chi connectivity index (χ3v) is 5.82. The predicted octanol–water partition coefficient (Wildman–Crippen LogP) is 4.77. The molecule has 5 aromatic rings. The van der Waals surface area contributed by atoms with Crippen LogP contribution in [0.4, 0.5) is 0 Å². The number of aryl methyl sites for hydroxylation is 2. The smallest absolute Gasteiger partial charge is 0.251 e. The first-order valence-corrected chi connectivity index (χ1v) is 11.2. The van der Waals surface area contributed by atoms with Gasteiger partial charge in [0.2, 0.25) is 0 Å². The molecule has 0 fully saturated rings. The number of hydrogen-bond acceptors (Lipinski definition) is 5. The van der Waals surface area contributed by atoms with Gasteiger partial charge in [0.15, 0.2) is 0 Å². The highest BCUT2D eigenvalue weighted by Gasteiger charge is 2.15. The minimum absolute atomic E-state index is 0.112. The van der Waals surface area contributed by atoms with Gasteiger partial charge in [0.1, 0.15) is 0 Å². The molecule has 0 amide bonds. The van der Waals surface area contributed by atoms with Crippen LogP contribution in [-0.2, 0) is 14.1 Å². The summed E-state index contributed by atoms with van der Waals surface area (Å²) in [4.78, 5) is 17.3. The summed E-state index contributed by atoms with van der Waals surface area (Å²) < 4.78 is 3.22. The van der Waals surface area contributed by atoms with Crippen molar-refractivity contribution in [1.29, 1.82) is 0 Å². The van der Waals surface area contributed by atoms with Crippen molar-refractivity contribution < 1.29 is 0 Å². The molecule has 2 aromatic carbocycles. The molecule has 3 heterocycles. The summed E-state index contributed by atoms with van der Waals surface area (Å²) >= 11 is 12.1. The highest BCUT2D eigenvalue weighted by atomic mass is 35.5. The number of rotatable bonds is 3. The molecule has 0 bridgehead atoms. The van der Waals surface area contributed by atoms with Gasteiger partial charge in [-0.25, -0.2) is 4.98 Å². The highest BCUT2D eigenvalue weighted by Crippen LogP contribution is 2.29. The molecule has 7 nitrogen and oxygen atoms in total. The largest absolute Gasteiger partial charge is 0.319 e. The van der Waals surface area contributed by atoms with Gasteiger partial charge in [-0.1, -0.05) is 52.7 Å². The highest BCUT2D eigenvalue weighted by molar-refractivity contribution is 6.31. The lowest BCUT2D eigenvalue weighted by atomic mass is 10.0. The molecule has 1 atom stereocenters. The molecule has 0 saturated heterocycles. The number of fused-ring (bicyclic) bond motifs is 1. The lowest BCUT2D eigenvalue weighted by Gasteiger charge is -2.15. The summed E-state index contributed by atoms with van der Waals surface area (Å²) in [6, 6.07) is 19.7. The van der Waals surface area contributed by atoms with Gasteiger partial charge >= 0.3 is 0 Å². The van der Waals surface area contributed by atoms with Crippen LogP contribution >= 0.6 is 23.2 Å². The van der Waals surface area contributed by atoms with Crippen molar-refractivity contribution in [2.45, 2.75) is 6.04 Å². The van der Waals surface area contributed by atoms with E-state index in [2.05, 4.69) is 10.3 Å². The summed E-state index contributed by atoms with van der Waals surface area (Å²) in [5.74, 6) is 0. The molecule has 34 heavy (non-hydrogen) atoms. The van der Waals surface area contributed by atoms with Crippen LogP contribution in [-0.4, -0.2) is 24.5 Å². The van der Waals surface area contributed by atoms with Gasteiger partial charge in [-0.15, -0.1) is 5.10 Å². The van der Waals surface area contributed by atoms with Crippen LogP contribution in [0.3, 0.4) is 0 Å². The number of halogens is 2. The van der Waals surface area contributed by atoms with E-state index in [0.29, 0.717) is 21.3 Å². The molecular formula is C25H22Cl2N6O. The van der Waals surface area contributed by atoms with Crippen molar-refractivity contribution in [3.8, 4) is 11.1 Å². The Morgan fingerprint density at radius 3 is 2.32 bits per heavy atom. The van der Waals surface area contributed by atoms with Gasteiger partial charge in [0, 0.05) is 42.0 Å². The first-order chi connectivity index (χ1) is 16.3. The van der Waals surface area contributed by atoms with Crippen molar-refractivity contribution in [3.63, 3.8) is 0 Å². The molecule has 172 valence electrons. The fourth-order valence-electron chi connectivity index (χ4n) is 3.50. The molecule has 0 aliphatic carbocycles. The second-order valence-corrected chi connectivity index (χ2v) is 8.55. The fraction of sp³-hybridized carbons (Fsp3) is 0.120. The average Bonchev–Trinajstić information content (AvgIpc) is 3.32. The van der Waals surface area contributed by atoms with Gasteiger partial charge in [0.25, 0.3) is 5.56 Å². The van der Waals surface area contributed by atoms with E-state index in [1.165, 1.54) is 0 Å². The molecule has 1 unspecified atom stereocenters. The molecule has 0 aliphatic heterocycles. The Hall–Kier alpha value is -3.52. The molecule has 2 N–H and O–H groups in total. The van der Waals surface area contributed by atoms with E-state index in [1.807, 2.05) is 49.5 Å². The maximum atomic E-state index is 12.4. The summed E-state index contributed by atoms with van der Waals surface area (Å²) in [5.41, 5.74) is 10.9. The Labute approximate surface area is 206 Å². The number of benzene rings is 2. The minimum Gasteiger partial charge on any atom is -0.319 e. The number of hydrogen-bond donors (Lipinski definition) is 1. The van der Waals surface area contributed by atoms with E-state index in [0.717, 1.165) is 22.2 Å². The number of nitrogens with zero attached hydrogens (tertiary/aromatic N) is 5. The first kappa shape index (κ1) is 23.6. The second-order valence-electron chi connectivity index (χ2n) is 7.68. The van der Waals surface area contributed by atoms with E-state index in [1.54, 1.807) is 53.0 Å². The van der Waals surface area contributed by atoms with Crippen LogP contribution in [0, 0.1) is 0 Å². The van der Waals surface area contributed by atoms with Gasteiger partial charge in [0.05, 0.1) is 29.0 Å². The van der Waals surface area contributed by atoms with Gasteiger partial charge in [-0.2, -0.15) is 0 Å². The lowest BCUT2D eigenvalue weighted by molar-refractivity contribution is 0.715. The molecule has 3 aromatic heterocycles. The van der Waals surface area contributed by atoms with E-state index in [9.17, 15) is 4.79 Å². The molecule has 0 spiro atoms. The van der Waals surface area contributed by atoms with Crippen molar-refractivity contribution in [2.24, 2.45) is 19.8 Å². The maximum Gasteiger partial charge on any atom is 0.251 e. The number of pyridine rings is 2. The van der Waals surface area contributed by atoms with Crippen molar-refractivity contribution >= 4 is 34.2 Å². The Bertz CT molecular complexity index is 1480. The van der Waals surface area contributed by atoms with Crippen LogP contribution in [0.25, 0.3) is 22.2 Å². The Morgan fingerprint density at radius 2 is 1.71 bits per heavy atom. The van der Waals surface area contributed by atoms with E-state index in [-0.39, 0.29) is 5.56 Å². The van der Waals surface area contributed by atoms with Crippen molar-refractivity contribution in [3.05, 3.63) is 111 Å². The Balaban J connectivity index is 0.000000398. The topological polar surface area (TPSA) is 91.6 Å². The predicted molar refractivity (Wildman–Crippen MR) is 136 cm³/mol. The fourth-order valence-corrected chi connectivity index (χ4v) is 3.82. The van der Waals surface area contributed by atoms with Crippen LogP contribution in [0.5, 0.6) is 0 Å². The zero-order valence-corrected chi connectivity index (χ0v) is 20.1. The molecule has 0 aliphatic rings. The summed E-state index contributed by atoms with van der Waals surface area (Å²) in [7, 11) is 3.56. The first-order valence-electron chi connectivity index (χ1n) is 10.4. The lowest BCUT2D eigenvalue weighted by Crippen LogP contribution is -2.18. The molecule has 0 saturated carbocycles. The van der Waals surface area contributed by atoms with Gasteiger partial charge < -0.3 is 10.3 Å². The monoisotopic (exact) mass is 492 g/mol. The Kier molecular flexibility index (Phi) is 7.07. The summed E-state index contributed by atoms with van der Waals surface area (Å²) in [5, 5.41) is 8.37. The summed E-state index contributed by atoms with van der Waals surface area (Å²) in [6.07, 6.45) is 3.42. The average molecular weight is 493 g/mol. The van der Waals surface area contributed by atoms with Gasteiger partial charge in [-0.05, 0) is 47.5 Å². The number of aromatic nitrogens is 5. The van der Waals surface area contributed by atoms with E-state index < -0.39 is 6.04 Å². The SMILES string of the molecule is Cn1c(=O)cc(-c2cccc(Cl)c2)c2nc(C(N)c3ccc(Cl)cc3)ccc21.Cn1ccnn1. The number of nitrogens with two attached hydrogens (primary N) is 1. The quantitative estimate of drug-likeness (QED) is 0.391. The normalized spacial score (nSPS) is 11.7. The molecule has 0 radical (unpaired) electrons. The minimum atomic E-state index is -0.411. The zero-order chi connectivity index (χ0) is 24.2. The summed E-state index contributed by atoms with van der Waals surface area (Å²) in [6.45, 7) is 0. The molecule has 5 rings (SSSR count). The van der Waals surface area contributed by atoms with Crippen molar-refractivity contribution in [1.82, 2.24) is 24.5 Å². The van der Waals surface area contributed by atoms with E-state index >= 15 is 0 Å². The van der Waals surface area contributed by atoms with Crippen LogP contribution in [0.1, 0.15) is 17.3 Å². The van der Waals surface area contributed by atoms with Crippen LogP contribution < -0.4 is 11.3 Å². The van der Waals surface area contributed by atoms with Crippen LogP contribution in [0.15, 0.2) is 83.9 Å². The van der Waals surface area contributed by atoms with Gasteiger partial charge in [-0.3, -0.25) is 9.48 Å². The maximum absolute atomic E-state index is 12.4. The third kappa shape index (κ3) is 5.17. The van der Waals surface area contributed by atoms with E-state index in [4.69, 9.17) is 33.9 Å². The van der Waals surface area contributed by atoms with Crippen molar-refractivity contribution in [2.75, 3.05) is 0 Å². The standard InChI is InChI=1S/C22H17Cl2N3O.C3H5N3/c1-27-19-10-9-18(21(25)13-5-7-15(23)8-6-13)26-22(19)17(12-20(27)28)14-3-2-4-16(24)11-14;1-6-3-2-4-5-6/h2-12,21H,25H2,1H3;2-3H,1H3. The molecular weight excluding hydrogens is 471 g/mol. The van der Waals surface area contributed by atoms with Crippen LogP contribution in [0.2, 0.25) is 10.0 Å².